The molecular formula is C13H19N3O3S. The largest absolute Gasteiger partial charge is 0.462 e. The maximum absolute atomic E-state index is 12.1. The number of thiophene rings is 1. The molecule has 2 rings (SSSR count). The van der Waals surface area contributed by atoms with Crippen LogP contribution in [-0.4, -0.2) is 44.1 Å². The normalized spacial score (nSPS) is 14.6. The van der Waals surface area contributed by atoms with Crippen LogP contribution in [0.3, 0.4) is 0 Å². The van der Waals surface area contributed by atoms with E-state index in [-0.39, 0.29) is 12.0 Å². The number of ether oxygens (including phenoxy) is 1. The first-order valence-electron chi connectivity index (χ1n) is 6.55. The summed E-state index contributed by atoms with van der Waals surface area (Å²) in [5.74, 6) is -0.360. The molecule has 2 N–H and O–H groups in total. The molecule has 1 aromatic rings. The average molecular weight is 297 g/mol. The molecule has 2 heterocycles. The number of anilines is 1. The van der Waals surface area contributed by atoms with Crippen molar-refractivity contribution in [3.63, 3.8) is 0 Å². The summed E-state index contributed by atoms with van der Waals surface area (Å²) in [4.78, 5) is 27.0. The van der Waals surface area contributed by atoms with E-state index < -0.39 is 0 Å². The van der Waals surface area contributed by atoms with Gasteiger partial charge >= 0.3 is 12.0 Å². The number of carbonyl (C=O) groups excluding carboxylic acids is 2. The van der Waals surface area contributed by atoms with Crippen LogP contribution in [0.4, 0.5) is 9.80 Å². The zero-order chi connectivity index (χ0) is 14.7. The van der Waals surface area contributed by atoms with Crippen molar-refractivity contribution in [1.82, 2.24) is 10.2 Å². The third kappa shape index (κ3) is 2.94. The van der Waals surface area contributed by atoms with Gasteiger partial charge in [0.1, 0.15) is 5.00 Å². The standard InChI is InChI=1S/C13H19N3O3S/c1-4-19-12(17)10-8-5-6-16(3)7-9(8)20-11(10)15-13(18)14-2/h4-7H2,1-3H3,(H2,14,15,18). The average Bonchev–Trinajstić information content (AvgIpc) is 2.75. The van der Waals surface area contributed by atoms with Gasteiger partial charge in [0.15, 0.2) is 0 Å². The Morgan fingerprint density at radius 1 is 1.45 bits per heavy atom. The van der Waals surface area contributed by atoms with Gasteiger partial charge in [-0.1, -0.05) is 0 Å². The molecule has 0 atom stereocenters. The second-order valence-corrected chi connectivity index (χ2v) is 5.73. The Balaban J connectivity index is 2.39. The summed E-state index contributed by atoms with van der Waals surface area (Å²) in [5.41, 5.74) is 1.53. The molecule has 0 radical (unpaired) electrons. The van der Waals surface area contributed by atoms with E-state index in [1.165, 1.54) is 11.3 Å². The van der Waals surface area contributed by atoms with Gasteiger partial charge in [0, 0.05) is 25.0 Å². The molecule has 0 bridgehead atoms. The predicted octanol–water partition coefficient (Wildman–Crippen LogP) is 1.66. The Labute approximate surface area is 122 Å². The van der Waals surface area contributed by atoms with Crippen LogP contribution in [0.25, 0.3) is 0 Å². The fourth-order valence-corrected chi connectivity index (χ4v) is 3.52. The maximum Gasteiger partial charge on any atom is 0.341 e. The highest BCUT2D eigenvalue weighted by Gasteiger charge is 2.28. The molecule has 6 nitrogen and oxygen atoms in total. The molecule has 2 amide bonds. The van der Waals surface area contributed by atoms with E-state index in [9.17, 15) is 9.59 Å². The van der Waals surface area contributed by atoms with Crippen LogP contribution in [0, 0.1) is 0 Å². The number of hydrogen-bond donors (Lipinski definition) is 2. The van der Waals surface area contributed by atoms with E-state index in [2.05, 4.69) is 15.5 Å². The van der Waals surface area contributed by atoms with Crippen molar-refractivity contribution in [3.05, 3.63) is 16.0 Å². The van der Waals surface area contributed by atoms with Crippen LogP contribution in [0.2, 0.25) is 0 Å². The van der Waals surface area contributed by atoms with Crippen molar-refractivity contribution in [3.8, 4) is 0 Å². The fraction of sp³-hybridized carbons (Fsp3) is 0.538. The van der Waals surface area contributed by atoms with Crippen molar-refractivity contribution in [2.24, 2.45) is 0 Å². The first-order chi connectivity index (χ1) is 9.56. The fourth-order valence-electron chi connectivity index (χ4n) is 2.20. The molecule has 0 aliphatic carbocycles. The minimum atomic E-state index is -0.360. The van der Waals surface area contributed by atoms with Crippen molar-refractivity contribution >= 4 is 28.3 Å². The molecule has 0 unspecified atom stereocenters. The zero-order valence-corrected chi connectivity index (χ0v) is 12.7. The van der Waals surface area contributed by atoms with E-state index in [1.54, 1.807) is 14.0 Å². The first kappa shape index (κ1) is 14.8. The second-order valence-electron chi connectivity index (χ2n) is 4.62. The zero-order valence-electron chi connectivity index (χ0n) is 11.9. The molecular weight excluding hydrogens is 278 g/mol. The summed E-state index contributed by atoms with van der Waals surface area (Å²) in [6.07, 6.45) is 0.798. The summed E-state index contributed by atoms with van der Waals surface area (Å²) in [6, 6.07) is -0.331. The van der Waals surface area contributed by atoms with Crippen molar-refractivity contribution in [2.75, 3.05) is 32.6 Å². The van der Waals surface area contributed by atoms with Crippen LogP contribution in [0.15, 0.2) is 0 Å². The number of urea groups is 1. The predicted molar refractivity (Wildman–Crippen MR) is 78.4 cm³/mol. The molecule has 0 saturated heterocycles. The number of hydrogen-bond acceptors (Lipinski definition) is 5. The Hall–Kier alpha value is -1.60. The van der Waals surface area contributed by atoms with Gasteiger partial charge < -0.3 is 15.0 Å². The second kappa shape index (κ2) is 6.23. The molecule has 1 aromatic heterocycles. The molecule has 0 saturated carbocycles. The van der Waals surface area contributed by atoms with E-state index in [0.717, 1.165) is 30.0 Å². The van der Waals surface area contributed by atoms with E-state index >= 15 is 0 Å². The lowest BCUT2D eigenvalue weighted by Crippen LogP contribution is -2.27. The topological polar surface area (TPSA) is 70.7 Å². The number of likely N-dealkylation sites (N-methyl/N-ethyl adjacent to an activating group) is 1. The number of rotatable bonds is 3. The molecule has 0 spiro atoms. The Morgan fingerprint density at radius 3 is 2.85 bits per heavy atom. The number of amides is 2. The van der Waals surface area contributed by atoms with Crippen molar-refractivity contribution in [1.29, 1.82) is 0 Å². The maximum atomic E-state index is 12.1. The summed E-state index contributed by atoms with van der Waals surface area (Å²) < 4.78 is 5.12. The third-order valence-electron chi connectivity index (χ3n) is 3.18. The SMILES string of the molecule is CCOC(=O)c1c(NC(=O)NC)sc2c1CCN(C)C2. The Morgan fingerprint density at radius 2 is 2.20 bits per heavy atom. The summed E-state index contributed by atoms with van der Waals surface area (Å²) in [5, 5.41) is 5.79. The van der Waals surface area contributed by atoms with Crippen LogP contribution in [0.1, 0.15) is 27.7 Å². The first-order valence-corrected chi connectivity index (χ1v) is 7.37. The summed E-state index contributed by atoms with van der Waals surface area (Å²) in [7, 11) is 3.58. The molecule has 20 heavy (non-hydrogen) atoms. The van der Waals surface area contributed by atoms with Crippen LogP contribution < -0.4 is 10.6 Å². The molecule has 0 fully saturated rings. The highest BCUT2D eigenvalue weighted by Crippen LogP contribution is 2.37. The number of nitrogens with one attached hydrogen (secondary N) is 2. The number of esters is 1. The van der Waals surface area contributed by atoms with Gasteiger partial charge in [-0.05, 0) is 26.0 Å². The number of fused-ring (bicyclic) bond motifs is 1. The monoisotopic (exact) mass is 297 g/mol. The lowest BCUT2D eigenvalue weighted by atomic mass is 10.0. The van der Waals surface area contributed by atoms with Crippen molar-refractivity contribution < 1.29 is 14.3 Å². The highest BCUT2D eigenvalue weighted by atomic mass is 32.1. The lowest BCUT2D eigenvalue weighted by Gasteiger charge is -2.22. The van der Waals surface area contributed by atoms with E-state index in [1.807, 2.05) is 7.05 Å². The Kier molecular flexibility index (Phi) is 4.61. The van der Waals surface area contributed by atoms with Gasteiger partial charge in [-0.15, -0.1) is 11.3 Å². The van der Waals surface area contributed by atoms with Crippen LogP contribution in [0.5, 0.6) is 0 Å². The number of nitrogens with zero attached hydrogens (tertiary/aromatic N) is 1. The van der Waals surface area contributed by atoms with Crippen LogP contribution in [-0.2, 0) is 17.7 Å². The molecule has 1 aliphatic heterocycles. The van der Waals surface area contributed by atoms with Gasteiger partial charge in [-0.3, -0.25) is 5.32 Å². The van der Waals surface area contributed by atoms with Gasteiger partial charge in [0.25, 0.3) is 0 Å². The quantitative estimate of drug-likeness (QED) is 0.833. The smallest absolute Gasteiger partial charge is 0.341 e. The number of carbonyl (C=O) groups is 2. The molecule has 0 aromatic carbocycles. The van der Waals surface area contributed by atoms with Gasteiger partial charge in [0.2, 0.25) is 0 Å². The van der Waals surface area contributed by atoms with Gasteiger partial charge in [-0.2, -0.15) is 0 Å². The minimum absolute atomic E-state index is 0.322. The molecule has 110 valence electrons. The van der Waals surface area contributed by atoms with Crippen molar-refractivity contribution in [2.45, 2.75) is 19.9 Å². The summed E-state index contributed by atoms with van der Waals surface area (Å²) in [6.45, 7) is 3.79. The summed E-state index contributed by atoms with van der Waals surface area (Å²) >= 11 is 1.45. The van der Waals surface area contributed by atoms with E-state index in [4.69, 9.17) is 4.74 Å². The molecule has 1 aliphatic rings. The third-order valence-corrected chi connectivity index (χ3v) is 4.31. The van der Waals surface area contributed by atoms with Crippen LogP contribution >= 0.6 is 11.3 Å². The van der Waals surface area contributed by atoms with Gasteiger partial charge in [0.05, 0.1) is 12.2 Å². The highest BCUT2D eigenvalue weighted by molar-refractivity contribution is 7.17. The molecule has 7 heteroatoms. The van der Waals surface area contributed by atoms with E-state index in [0.29, 0.717) is 17.2 Å². The minimum Gasteiger partial charge on any atom is -0.462 e. The van der Waals surface area contributed by atoms with Gasteiger partial charge in [-0.25, -0.2) is 9.59 Å². The Bertz CT molecular complexity index is 527. The lowest BCUT2D eigenvalue weighted by molar-refractivity contribution is 0.0526.